The minimum atomic E-state index is -4.54. The first kappa shape index (κ1) is 21.8. The number of hydrogen-bond donors (Lipinski definition) is 2. The Bertz CT molecular complexity index is 781. The molecule has 0 aliphatic carbocycles. The maximum Gasteiger partial charge on any atom is 0.433 e. The van der Waals surface area contributed by atoms with E-state index >= 15 is 0 Å². The highest BCUT2D eigenvalue weighted by Gasteiger charge is 2.33. The van der Waals surface area contributed by atoms with Gasteiger partial charge in [0.25, 0.3) is 0 Å². The summed E-state index contributed by atoms with van der Waals surface area (Å²) in [5, 5.41) is 6.43. The van der Waals surface area contributed by atoms with Gasteiger partial charge in [0.15, 0.2) is 5.82 Å². The van der Waals surface area contributed by atoms with Gasteiger partial charge in [-0.2, -0.15) is 28.1 Å². The Labute approximate surface area is 163 Å². The number of hydrogen-bond acceptors (Lipinski definition) is 6. The third kappa shape index (κ3) is 5.77. The van der Waals surface area contributed by atoms with Gasteiger partial charge in [0.1, 0.15) is 11.4 Å². The molecule has 0 aliphatic heterocycles. The molecule has 0 amide bonds. The molecule has 9 heteroatoms. The fraction of sp³-hybridized carbons (Fsp3) is 0.579. The van der Waals surface area contributed by atoms with Gasteiger partial charge < -0.3 is 10.6 Å². The summed E-state index contributed by atoms with van der Waals surface area (Å²) in [5.41, 5.74) is -1.54. The Morgan fingerprint density at radius 3 is 1.71 bits per heavy atom. The second-order valence-corrected chi connectivity index (χ2v) is 7.94. The van der Waals surface area contributed by atoms with E-state index in [-0.39, 0.29) is 34.5 Å². The average Bonchev–Trinajstić information content (AvgIpc) is 2.60. The Balaban J connectivity index is 2.53. The van der Waals surface area contributed by atoms with Crippen molar-refractivity contribution in [2.75, 3.05) is 10.6 Å². The van der Waals surface area contributed by atoms with E-state index in [2.05, 4.69) is 30.6 Å². The molecule has 28 heavy (non-hydrogen) atoms. The highest BCUT2D eigenvalue weighted by Crippen LogP contribution is 2.29. The van der Waals surface area contributed by atoms with Gasteiger partial charge in [-0.05, 0) is 52.7 Å². The molecule has 0 bridgehead atoms. The number of halogens is 3. The van der Waals surface area contributed by atoms with Crippen LogP contribution in [-0.2, 0) is 6.18 Å². The van der Waals surface area contributed by atoms with Crippen molar-refractivity contribution >= 4 is 11.9 Å². The fourth-order valence-electron chi connectivity index (χ4n) is 2.10. The zero-order chi connectivity index (χ0) is 21.2. The first-order chi connectivity index (χ1) is 12.8. The number of rotatable bonds is 7. The topological polar surface area (TPSA) is 75.6 Å². The molecular formula is C19H27F3N6. The smallest absolute Gasteiger partial charge is 0.349 e. The second kappa shape index (κ2) is 7.89. The molecule has 2 aromatic heterocycles. The Morgan fingerprint density at radius 1 is 0.786 bits per heavy atom. The van der Waals surface area contributed by atoms with E-state index in [1.54, 1.807) is 0 Å². The quantitative estimate of drug-likeness (QED) is 0.674. The molecule has 0 spiro atoms. The lowest BCUT2D eigenvalue weighted by molar-refractivity contribution is -0.141. The van der Waals surface area contributed by atoms with Crippen LogP contribution >= 0.6 is 0 Å². The molecule has 0 aromatic carbocycles. The van der Waals surface area contributed by atoms with Crippen LogP contribution in [0.15, 0.2) is 18.2 Å². The van der Waals surface area contributed by atoms with E-state index in [4.69, 9.17) is 0 Å². The van der Waals surface area contributed by atoms with Crippen molar-refractivity contribution < 1.29 is 13.2 Å². The van der Waals surface area contributed by atoms with Crippen LogP contribution < -0.4 is 10.6 Å². The Morgan fingerprint density at radius 2 is 1.29 bits per heavy atom. The number of nitrogens with zero attached hydrogens (tertiary/aromatic N) is 4. The molecule has 2 N–H and O–H groups in total. The first-order valence-electron chi connectivity index (χ1n) is 9.22. The molecule has 2 aromatic rings. The molecule has 0 radical (unpaired) electrons. The van der Waals surface area contributed by atoms with Crippen LogP contribution in [-0.4, -0.2) is 31.0 Å². The monoisotopic (exact) mass is 396 g/mol. The summed E-state index contributed by atoms with van der Waals surface area (Å²) >= 11 is 0. The zero-order valence-electron chi connectivity index (χ0n) is 17.1. The molecule has 0 atom stereocenters. The summed E-state index contributed by atoms with van der Waals surface area (Å²) in [5.74, 6) is 0.640. The molecule has 0 fully saturated rings. The van der Waals surface area contributed by atoms with Crippen molar-refractivity contribution in [3.8, 4) is 11.5 Å². The molecule has 154 valence electrons. The zero-order valence-corrected chi connectivity index (χ0v) is 17.1. The van der Waals surface area contributed by atoms with Gasteiger partial charge in [0, 0.05) is 11.1 Å². The highest BCUT2D eigenvalue weighted by atomic mass is 19.4. The van der Waals surface area contributed by atoms with Crippen LogP contribution in [0.2, 0.25) is 0 Å². The molecule has 6 nitrogen and oxygen atoms in total. The summed E-state index contributed by atoms with van der Waals surface area (Å²) in [6.07, 6.45) is -2.93. The van der Waals surface area contributed by atoms with Crippen molar-refractivity contribution in [1.82, 2.24) is 19.9 Å². The first-order valence-corrected chi connectivity index (χ1v) is 9.22. The van der Waals surface area contributed by atoms with Crippen LogP contribution in [0.3, 0.4) is 0 Å². The maximum atomic E-state index is 13.0. The van der Waals surface area contributed by atoms with E-state index in [0.29, 0.717) is 0 Å². The van der Waals surface area contributed by atoms with E-state index in [1.165, 1.54) is 12.1 Å². The van der Waals surface area contributed by atoms with Gasteiger partial charge in [-0.15, -0.1) is 0 Å². The van der Waals surface area contributed by atoms with Crippen molar-refractivity contribution in [3.05, 3.63) is 23.9 Å². The third-order valence-corrected chi connectivity index (χ3v) is 4.57. The number of alkyl halides is 3. The van der Waals surface area contributed by atoms with Crippen LogP contribution in [0.5, 0.6) is 0 Å². The van der Waals surface area contributed by atoms with Gasteiger partial charge in [0.05, 0.1) is 0 Å². The number of aromatic nitrogens is 4. The fourth-order valence-corrected chi connectivity index (χ4v) is 2.10. The molecule has 0 aliphatic rings. The van der Waals surface area contributed by atoms with Gasteiger partial charge in [-0.1, -0.05) is 19.9 Å². The molecule has 2 rings (SSSR count). The SMILES string of the molecule is CCC(C)(C)Nc1nc(NC(C)(C)CC)nc(-c2cccc(C(F)(F)F)n2)n1. The molecule has 2 heterocycles. The maximum absolute atomic E-state index is 13.0. The summed E-state index contributed by atoms with van der Waals surface area (Å²) < 4.78 is 39.1. The third-order valence-electron chi connectivity index (χ3n) is 4.57. The van der Waals surface area contributed by atoms with Gasteiger partial charge >= 0.3 is 6.18 Å². The summed E-state index contributed by atoms with van der Waals surface area (Å²) in [6.45, 7) is 12.0. The second-order valence-electron chi connectivity index (χ2n) is 7.94. The summed E-state index contributed by atoms with van der Waals surface area (Å²) in [7, 11) is 0. The van der Waals surface area contributed by atoms with Gasteiger partial charge in [-0.25, -0.2) is 4.98 Å². The number of pyridine rings is 1. The molecule has 0 saturated heterocycles. The lowest BCUT2D eigenvalue weighted by Crippen LogP contribution is -2.33. The van der Waals surface area contributed by atoms with Crippen molar-refractivity contribution in [3.63, 3.8) is 0 Å². The standard InChI is InChI=1S/C19H27F3N6/c1-7-17(3,4)27-15-24-14(25-16(26-15)28-18(5,6)8-2)12-10-9-11-13(23-12)19(20,21)22/h9-11H,7-8H2,1-6H3,(H2,24,25,26,27,28). The van der Waals surface area contributed by atoms with Gasteiger partial charge in [0.2, 0.25) is 11.9 Å². The highest BCUT2D eigenvalue weighted by molar-refractivity contribution is 5.54. The largest absolute Gasteiger partial charge is 0.433 e. The lowest BCUT2D eigenvalue weighted by Gasteiger charge is -2.27. The van der Waals surface area contributed by atoms with Crippen molar-refractivity contribution in [1.29, 1.82) is 0 Å². The minimum absolute atomic E-state index is 0.0342. The Kier molecular flexibility index (Phi) is 6.15. The van der Waals surface area contributed by atoms with Crippen LogP contribution in [0.25, 0.3) is 11.5 Å². The van der Waals surface area contributed by atoms with Crippen molar-refractivity contribution in [2.24, 2.45) is 0 Å². The predicted molar refractivity (Wildman–Crippen MR) is 104 cm³/mol. The normalized spacial score (nSPS) is 12.8. The van der Waals surface area contributed by atoms with Crippen molar-refractivity contribution in [2.45, 2.75) is 71.6 Å². The molecular weight excluding hydrogens is 369 g/mol. The van der Waals surface area contributed by atoms with E-state index in [9.17, 15) is 13.2 Å². The molecule has 0 saturated carbocycles. The van der Waals surface area contributed by atoms with Crippen LogP contribution in [0.4, 0.5) is 25.1 Å². The van der Waals surface area contributed by atoms with Gasteiger partial charge in [-0.3, -0.25) is 0 Å². The van der Waals surface area contributed by atoms with Crippen LogP contribution in [0.1, 0.15) is 60.1 Å². The summed E-state index contributed by atoms with van der Waals surface area (Å²) in [6, 6.07) is 3.67. The summed E-state index contributed by atoms with van der Waals surface area (Å²) in [4.78, 5) is 16.7. The Hall–Kier alpha value is -2.45. The van der Waals surface area contributed by atoms with E-state index < -0.39 is 11.9 Å². The predicted octanol–water partition coefficient (Wildman–Crippen LogP) is 5.15. The number of anilines is 2. The van der Waals surface area contributed by atoms with E-state index in [1.807, 2.05) is 41.5 Å². The minimum Gasteiger partial charge on any atom is -0.349 e. The van der Waals surface area contributed by atoms with Crippen LogP contribution in [0, 0.1) is 0 Å². The average molecular weight is 396 g/mol. The van der Waals surface area contributed by atoms with E-state index in [0.717, 1.165) is 18.9 Å². The molecule has 0 unspecified atom stereocenters. The number of nitrogens with one attached hydrogen (secondary N) is 2. The lowest BCUT2D eigenvalue weighted by atomic mass is 10.0.